The molecule has 0 bridgehead atoms. The first-order valence-corrected chi connectivity index (χ1v) is 8.47. The van der Waals surface area contributed by atoms with Gasteiger partial charge >= 0.3 is 13.8 Å². The van der Waals surface area contributed by atoms with Crippen molar-refractivity contribution < 1.29 is 38.0 Å². The maximum absolute atomic E-state index is 11.7. The molecule has 1 aromatic rings. The van der Waals surface area contributed by atoms with E-state index in [1.54, 1.807) is 0 Å². The zero-order chi connectivity index (χ0) is 19.2. The first-order chi connectivity index (χ1) is 11.5. The molecular formula is C13H18N3O8P. The van der Waals surface area contributed by atoms with E-state index in [0.29, 0.717) is 6.29 Å². The summed E-state index contributed by atoms with van der Waals surface area (Å²) in [5.74, 6) is -1.86. The summed E-state index contributed by atoms with van der Waals surface area (Å²) in [6, 6.07) is -1.09. The molecule has 0 saturated carbocycles. The van der Waals surface area contributed by atoms with Crippen LogP contribution < -0.4 is 16.0 Å². The third-order valence-corrected chi connectivity index (χ3v) is 3.46. The first-order valence-electron chi connectivity index (χ1n) is 6.94. The number of carbonyl (C=O) groups is 3. The van der Waals surface area contributed by atoms with E-state index in [-0.39, 0.29) is 29.7 Å². The second kappa shape index (κ2) is 8.67. The number of nitrogens with zero attached hydrogens (tertiary/aromatic N) is 1. The predicted molar refractivity (Wildman–Crippen MR) is 83.2 cm³/mol. The summed E-state index contributed by atoms with van der Waals surface area (Å²) < 4.78 is 20.4. The van der Waals surface area contributed by atoms with Crippen LogP contribution in [0.3, 0.4) is 0 Å². The molecule has 11 nitrogen and oxygen atoms in total. The van der Waals surface area contributed by atoms with Crippen LogP contribution in [0.15, 0.2) is 6.20 Å². The molecule has 25 heavy (non-hydrogen) atoms. The molecule has 0 saturated heterocycles. The van der Waals surface area contributed by atoms with Crippen molar-refractivity contribution in [2.24, 2.45) is 11.5 Å². The number of carbonyl (C=O) groups excluding carboxylic acids is 3. The van der Waals surface area contributed by atoms with E-state index in [2.05, 4.69) is 9.51 Å². The Morgan fingerprint density at radius 3 is 2.60 bits per heavy atom. The van der Waals surface area contributed by atoms with Crippen molar-refractivity contribution in [3.05, 3.63) is 23.0 Å². The highest BCUT2D eigenvalue weighted by Gasteiger charge is 2.24. The Balaban J connectivity index is 2.90. The van der Waals surface area contributed by atoms with Crippen LogP contribution in [0.5, 0.6) is 5.75 Å². The molecule has 0 fully saturated rings. The number of hydrogen-bond acceptors (Lipinski definition) is 8. The molecule has 1 aromatic heterocycles. The number of phosphoric acid groups is 1. The molecule has 6 N–H and O–H groups in total. The molecule has 1 rings (SSSR count). The lowest BCUT2D eigenvalue weighted by Gasteiger charge is -2.15. The first kappa shape index (κ1) is 20.7. The maximum atomic E-state index is 11.7. The van der Waals surface area contributed by atoms with E-state index in [1.165, 1.54) is 13.1 Å². The zero-order valence-electron chi connectivity index (χ0n) is 13.2. The number of amides is 1. The quantitative estimate of drug-likeness (QED) is 0.244. The Bertz CT molecular complexity index is 717. The number of aldehydes is 1. The minimum atomic E-state index is -4.92. The van der Waals surface area contributed by atoms with Gasteiger partial charge in [0.05, 0.1) is 11.3 Å². The van der Waals surface area contributed by atoms with E-state index in [9.17, 15) is 18.9 Å². The summed E-state index contributed by atoms with van der Waals surface area (Å²) in [6.45, 7) is 0.954. The fraction of sp³-hybridized carbons (Fsp3) is 0.385. The van der Waals surface area contributed by atoms with Crippen LogP contribution >= 0.6 is 7.82 Å². The van der Waals surface area contributed by atoms with Gasteiger partial charge in [0.15, 0.2) is 12.0 Å². The SMILES string of the molecule is Cc1ncc(COC(=O)[C@@H](N)CCC(N)=O)c(C=O)c1OP(=O)(O)O. The molecule has 0 aliphatic rings. The van der Waals surface area contributed by atoms with Gasteiger partial charge in [-0.25, -0.2) is 4.57 Å². The lowest BCUT2D eigenvalue weighted by molar-refractivity contribution is -0.146. The lowest BCUT2D eigenvalue weighted by Crippen LogP contribution is -2.33. The topological polar surface area (TPSA) is 192 Å². The van der Waals surface area contributed by atoms with Gasteiger partial charge in [-0.05, 0) is 13.3 Å². The lowest BCUT2D eigenvalue weighted by atomic mass is 10.1. The van der Waals surface area contributed by atoms with Gasteiger partial charge in [-0.15, -0.1) is 0 Å². The minimum Gasteiger partial charge on any atom is -0.460 e. The monoisotopic (exact) mass is 375 g/mol. The largest absolute Gasteiger partial charge is 0.524 e. The van der Waals surface area contributed by atoms with Crippen LogP contribution in [0.25, 0.3) is 0 Å². The van der Waals surface area contributed by atoms with E-state index in [1.807, 2.05) is 0 Å². The second-order valence-corrected chi connectivity index (χ2v) is 6.19. The normalized spacial score (nSPS) is 12.3. The number of pyridine rings is 1. The molecule has 0 spiro atoms. The molecular weight excluding hydrogens is 357 g/mol. The molecule has 0 unspecified atom stereocenters. The molecule has 12 heteroatoms. The van der Waals surface area contributed by atoms with Gasteiger partial charge in [0.1, 0.15) is 12.6 Å². The molecule has 1 atom stereocenters. The Morgan fingerprint density at radius 2 is 2.08 bits per heavy atom. The number of hydrogen-bond donors (Lipinski definition) is 4. The number of nitrogens with two attached hydrogens (primary N) is 2. The van der Waals surface area contributed by atoms with Crippen molar-refractivity contribution >= 4 is 26.0 Å². The van der Waals surface area contributed by atoms with Gasteiger partial charge < -0.3 is 20.7 Å². The molecule has 0 radical (unpaired) electrons. The summed E-state index contributed by atoms with van der Waals surface area (Å²) in [4.78, 5) is 55.3. The van der Waals surface area contributed by atoms with Crippen molar-refractivity contribution in [2.75, 3.05) is 0 Å². The Morgan fingerprint density at radius 1 is 1.44 bits per heavy atom. The van der Waals surface area contributed by atoms with Crippen molar-refractivity contribution in [1.29, 1.82) is 0 Å². The van der Waals surface area contributed by atoms with Crippen LogP contribution in [0.1, 0.15) is 34.5 Å². The van der Waals surface area contributed by atoms with E-state index < -0.39 is 38.1 Å². The fourth-order valence-corrected chi connectivity index (χ4v) is 2.26. The maximum Gasteiger partial charge on any atom is 0.524 e. The summed E-state index contributed by atoms with van der Waals surface area (Å²) in [5.41, 5.74) is 10.4. The Hall–Kier alpha value is -2.33. The number of rotatable bonds is 9. The fourth-order valence-electron chi connectivity index (χ4n) is 1.79. The zero-order valence-corrected chi connectivity index (χ0v) is 14.1. The predicted octanol–water partition coefficient (Wildman–Crippen LogP) is -0.690. The molecule has 138 valence electrons. The van der Waals surface area contributed by atoms with Crippen molar-refractivity contribution in [3.8, 4) is 5.75 Å². The van der Waals surface area contributed by atoms with Crippen LogP contribution in [0.4, 0.5) is 0 Å². The average molecular weight is 375 g/mol. The highest BCUT2D eigenvalue weighted by atomic mass is 31.2. The van der Waals surface area contributed by atoms with Gasteiger partial charge in [0, 0.05) is 18.2 Å². The molecule has 0 aliphatic carbocycles. The van der Waals surface area contributed by atoms with Crippen LogP contribution in [-0.2, 0) is 25.5 Å². The highest BCUT2D eigenvalue weighted by Crippen LogP contribution is 2.40. The van der Waals surface area contributed by atoms with Crippen LogP contribution in [0, 0.1) is 6.92 Å². The second-order valence-electron chi connectivity index (χ2n) is 5.03. The standard InChI is InChI=1S/C13H18N3O8P/c1-7-12(24-25(20,21)22)9(5-17)8(4-16-7)6-23-13(19)10(14)2-3-11(15)18/h4-5,10H,2-3,6,14H2,1H3,(H2,15,18)(H2,20,21,22)/t10-/m0/s1. The highest BCUT2D eigenvalue weighted by molar-refractivity contribution is 7.46. The van der Waals surface area contributed by atoms with Crippen LogP contribution in [0.2, 0.25) is 0 Å². The van der Waals surface area contributed by atoms with Gasteiger partial charge in [-0.2, -0.15) is 0 Å². The van der Waals surface area contributed by atoms with Gasteiger partial charge in [0.2, 0.25) is 5.91 Å². The van der Waals surface area contributed by atoms with Crippen molar-refractivity contribution in [1.82, 2.24) is 4.98 Å². The van der Waals surface area contributed by atoms with Crippen molar-refractivity contribution in [3.63, 3.8) is 0 Å². The number of ether oxygens (including phenoxy) is 1. The third kappa shape index (κ3) is 6.59. The summed E-state index contributed by atoms with van der Waals surface area (Å²) in [6.07, 6.45) is 1.40. The van der Waals surface area contributed by atoms with Crippen LogP contribution in [-0.4, -0.2) is 39.0 Å². The van der Waals surface area contributed by atoms with E-state index in [0.717, 1.165) is 0 Å². The number of primary amides is 1. The van der Waals surface area contributed by atoms with Gasteiger partial charge in [-0.3, -0.25) is 29.2 Å². The Labute approximate surface area is 142 Å². The average Bonchev–Trinajstić information content (AvgIpc) is 2.51. The van der Waals surface area contributed by atoms with Gasteiger partial charge in [0.25, 0.3) is 0 Å². The Kier molecular flexibility index (Phi) is 7.19. The minimum absolute atomic E-state index is 0.00653. The smallest absolute Gasteiger partial charge is 0.460 e. The number of phosphoric ester groups is 1. The third-order valence-electron chi connectivity index (χ3n) is 3.04. The molecule has 1 amide bonds. The molecule has 1 heterocycles. The van der Waals surface area contributed by atoms with E-state index >= 15 is 0 Å². The van der Waals surface area contributed by atoms with Gasteiger partial charge in [-0.1, -0.05) is 0 Å². The number of aryl methyl sites for hydroxylation is 1. The summed E-state index contributed by atoms with van der Waals surface area (Å²) in [5, 5.41) is 0. The number of aromatic nitrogens is 1. The van der Waals surface area contributed by atoms with Crippen molar-refractivity contribution in [2.45, 2.75) is 32.4 Å². The summed E-state index contributed by atoms with van der Waals surface area (Å²) >= 11 is 0. The van der Waals surface area contributed by atoms with E-state index in [4.69, 9.17) is 26.0 Å². The molecule has 0 aromatic carbocycles. The number of esters is 1. The summed E-state index contributed by atoms with van der Waals surface area (Å²) in [7, 11) is -4.92. The molecule has 0 aliphatic heterocycles.